The second-order valence-corrected chi connectivity index (χ2v) is 8.82. The minimum absolute atomic E-state index is 0.0165. The lowest BCUT2D eigenvalue weighted by atomic mass is 9.93. The number of aliphatic hydroxyl groups excluding tert-OH is 1. The molecule has 1 aliphatic heterocycles. The maximum absolute atomic E-state index is 11.1. The number of rotatable bonds is 8. The van der Waals surface area contributed by atoms with Crippen molar-refractivity contribution in [1.29, 1.82) is 0 Å². The number of aliphatic hydroxyl groups is 1. The van der Waals surface area contributed by atoms with Crippen LogP contribution in [0.2, 0.25) is 0 Å². The number of hydrogen-bond donors (Lipinski definition) is 2. The van der Waals surface area contributed by atoms with E-state index in [1.807, 2.05) is 37.3 Å². The molecule has 6 nitrogen and oxygen atoms in total. The van der Waals surface area contributed by atoms with Crippen LogP contribution < -0.4 is 14.2 Å². The van der Waals surface area contributed by atoms with Gasteiger partial charge in [0.25, 0.3) is 0 Å². The minimum atomic E-state index is -0.819. The van der Waals surface area contributed by atoms with Crippen LogP contribution in [-0.4, -0.2) is 36.0 Å². The largest absolute Gasteiger partial charge is 0.492 e. The van der Waals surface area contributed by atoms with Gasteiger partial charge in [-0.15, -0.1) is 0 Å². The number of ether oxygens (including phenoxy) is 3. The Bertz CT molecular complexity index is 1220. The maximum atomic E-state index is 11.1. The van der Waals surface area contributed by atoms with Crippen LogP contribution in [0.1, 0.15) is 47.1 Å². The molecule has 3 aromatic rings. The van der Waals surface area contributed by atoms with Crippen molar-refractivity contribution in [1.82, 2.24) is 0 Å². The van der Waals surface area contributed by atoms with Crippen molar-refractivity contribution in [2.45, 2.75) is 38.2 Å². The zero-order chi connectivity index (χ0) is 23.7. The van der Waals surface area contributed by atoms with Crippen LogP contribution in [0, 0.1) is 6.92 Å². The van der Waals surface area contributed by atoms with E-state index in [-0.39, 0.29) is 31.7 Å². The highest BCUT2D eigenvalue weighted by Gasteiger charge is 2.29. The van der Waals surface area contributed by atoms with Crippen molar-refractivity contribution in [3.8, 4) is 28.4 Å². The zero-order valence-corrected chi connectivity index (χ0v) is 19.1. The van der Waals surface area contributed by atoms with Crippen LogP contribution in [-0.2, 0) is 11.2 Å². The van der Waals surface area contributed by atoms with E-state index in [2.05, 4.69) is 24.3 Å². The first-order valence-electron chi connectivity index (χ1n) is 11.7. The molecule has 2 N–H and O–H groups in total. The second-order valence-electron chi connectivity index (χ2n) is 8.82. The third-order valence-electron chi connectivity index (χ3n) is 6.70. The van der Waals surface area contributed by atoms with Crippen molar-refractivity contribution in [3.63, 3.8) is 0 Å². The Morgan fingerprint density at radius 3 is 2.74 bits per heavy atom. The van der Waals surface area contributed by atoms with Crippen LogP contribution in [0.25, 0.3) is 11.1 Å². The summed E-state index contributed by atoms with van der Waals surface area (Å²) in [6.07, 6.45) is 1.81. The predicted molar refractivity (Wildman–Crippen MR) is 128 cm³/mol. The van der Waals surface area contributed by atoms with Gasteiger partial charge in [-0.1, -0.05) is 36.4 Å². The molecule has 0 bridgehead atoms. The van der Waals surface area contributed by atoms with Crippen LogP contribution in [0.15, 0.2) is 54.6 Å². The molecule has 0 saturated carbocycles. The Kier molecular flexibility index (Phi) is 6.16. The molecule has 0 saturated heterocycles. The van der Waals surface area contributed by atoms with Gasteiger partial charge in [0.1, 0.15) is 30.0 Å². The van der Waals surface area contributed by atoms with E-state index >= 15 is 0 Å². The molecule has 0 amide bonds. The molecular formula is C28H28O6. The van der Waals surface area contributed by atoms with Gasteiger partial charge < -0.3 is 24.4 Å². The maximum Gasteiger partial charge on any atom is 0.304 e. The van der Waals surface area contributed by atoms with E-state index < -0.39 is 5.97 Å². The number of carboxylic acids is 1. The molecule has 1 heterocycles. The molecule has 0 fully saturated rings. The van der Waals surface area contributed by atoms with Crippen LogP contribution >= 0.6 is 0 Å². The molecule has 3 aromatic carbocycles. The number of fused-ring (bicyclic) bond motifs is 2. The van der Waals surface area contributed by atoms with Gasteiger partial charge in [-0.05, 0) is 59.7 Å². The molecule has 34 heavy (non-hydrogen) atoms. The smallest absolute Gasteiger partial charge is 0.304 e. The van der Waals surface area contributed by atoms with Crippen molar-refractivity contribution in [3.05, 3.63) is 76.9 Å². The summed E-state index contributed by atoms with van der Waals surface area (Å²) in [5.74, 6) is 1.30. The van der Waals surface area contributed by atoms with E-state index in [1.165, 1.54) is 16.7 Å². The highest BCUT2D eigenvalue weighted by atomic mass is 16.5. The second kappa shape index (κ2) is 9.39. The number of carbonyl (C=O) groups is 1. The average molecular weight is 461 g/mol. The standard InChI is InChI=1S/C28H28O6/c1-17-20(4-3-7-25(17)32-13-12-29)22-5-2-6-24-23(22)10-11-26(24)34-19-8-9-21-18(14-28(30)31)16-33-27(21)15-19/h2-9,15,18,26,29H,10-14,16H2,1H3,(H,30,31)/t18-,26-/m1/s1. The average Bonchev–Trinajstić information content (AvgIpc) is 3.42. The van der Waals surface area contributed by atoms with Gasteiger partial charge in [0.2, 0.25) is 0 Å². The lowest BCUT2D eigenvalue weighted by Crippen LogP contribution is -2.07. The van der Waals surface area contributed by atoms with Gasteiger partial charge >= 0.3 is 5.97 Å². The fourth-order valence-corrected chi connectivity index (χ4v) is 5.08. The number of carboxylic acid groups (broad SMARTS) is 1. The van der Waals surface area contributed by atoms with Gasteiger partial charge in [-0.25, -0.2) is 0 Å². The summed E-state index contributed by atoms with van der Waals surface area (Å²) in [5.41, 5.74) is 6.77. The molecule has 176 valence electrons. The molecule has 0 aromatic heterocycles. The Morgan fingerprint density at radius 2 is 1.91 bits per heavy atom. The Morgan fingerprint density at radius 1 is 1.09 bits per heavy atom. The molecule has 2 aliphatic rings. The third-order valence-corrected chi connectivity index (χ3v) is 6.70. The normalized spacial score (nSPS) is 18.2. The highest BCUT2D eigenvalue weighted by molar-refractivity contribution is 5.74. The number of aliphatic carboxylic acids is 1. The molecule has 0 radical (unpaired) electrons. The van der Waals surface area contributed by atoms with Crippen LogP contribution in [0.4, 0.5) is 0 Å². The molecule has 6 heteroatoms. The van der Waals surface area contributed by atoms with Crippen molar-refractivity contribution in [2.75, 3.05) is 19.8 Å². The SMILES string of the molecule is Cc1c(OCCO)cccc1-c1cccc2c1CC[C@H]2Oc1ccc2c(c1)OC[C@H]2CC(=O)O. The number of benzene rings is 3. The van der Waals surface area contributed by atoms with E-state index in [0.29, 0.717) is 12.4 Å². The van der Waals surface area contributed by atoms with Gasteiger partial charge in [-0.2, -0.15) is 0 Å². The molecule has 1 aliphatic carbocycles. The van der Waals surface area contributed by atoms with E-state index in [1.54, 1.807) is 0 Å². The minimum Gasteiger partial charge on any atom is -0.492 e. The Labute approximate surface area is 198 Å². The molecule has 5 rings (SSSR count). The van der Waals surface area contributed by atoms with Crippen LogP contribution in [0.5, 0.6) is 17.2 Å². The summed E-state index contributed by atoms with van der Waals surface area (Å²) in [4.78, 5) is 11.1. The quantitative estimate of drug-likeness (QED) is 0.489. The Balaban J connectivity index is 1.39. The molecule has 0 unspecified atom stereocenters. The fraction of sp³-hybridized carbons (Fsp3) is 0.321. The number of hydrogen-bond acceptors (Lipinski definition) is 5. The zero-order valence-electron chi connectivity index (χ0n) is 19.1. The summed E-state index contributed by atoms with van der Waals surface area (Å²) in [7, 11) is 0. The van der Waals surface area contributed by atoms with E-state index in [4.69, 9.17) is 24.4 Å². The van der Waals surface area contributed by atoms with Gasteiger partial charge in [0, 0.05) is 17.5 Å². The van der Waals surface area contributed by atoms with E-state index in [0.717, 1.165) is 41.0 Å². The summed E-state index contributed by atoms with van der Waals surface area (Å²) >= 11 is 0. The van der Waals surface area contributed by atoms with Crippen molar-refractivity contribution < 1.29 is 29.2 Å². The lowest BCUT2D eigenvalue weighted by Gasteiger charge is -2.18. The highest BCUT2D eigenvalue weighted by Crippen LogP contribution is 2.44. The topological polar surface area (TPSA) is 85.2 Å². The molecular weight excluding hydrogens is 432 g/mol. The van der Waals surface area contributed by atoms with Crippen molar-refractivity contribution in [2.24, 2.45) is 0 Å². The van der Waals surface area contributed by atoms with Crippen LogP contribution in [0.3, 0.4) is 0 Å². The van der Waals surface area contributed by atoms with Crippen molar-refractivity contribution >= 4 is 5.97 Å². The molecule has 0 spiro atoms. The lowest BCUT2D eigenvalue weighted by molar-refractivity contribution is -0.137. The molecule has 2 atom stereocenters. The summed E-state index contributed by atoms with van der Waals surface area (Å²) < 4.78 is 17.9. The van der Waals surface area contributed by atoms with Gasteiger partial charge in [0.15, 0.2) is 0 Å². The summed E-state index contributed by atoms with van der Waals surface area (Å²) in [6.45, 7) is 2.69. The first kappa shape index (κ1) is 22.3. The third kappa shape index (κ3) is 4.21. The summed E-state index contributed by atoms with van der Waals surface area (Å²) in [6, 6.07) is 18.1. The van der Waals surface area contributed by atoms with Gasteiger partial charge in [-0.3, -0.25) is 4.79 Å². The fourth-order valence-electron chi connectivity index (χ4n) is 5.08. The Hall–Kier alpha value is -3.51. The predicted octanol–water partition coefficient (Wildman–Crippen LogP) is 5.05. The first-order valence-corrected chi connectivity index (χ1v) is 11.7. The summed E-state index contributed by atoms with van der Waals surface area (Å²) in [5, 5.41) is 18.2. The van der Waals surface area contributed by atoms with E-state index in [9.17, 15) is 4.79 Å². The monoisotopic (exact) mass is 460 g/mol. The van der Waals surface area contributed by atoms with Gasteiger partial charge in [0.05, 0.1) is 19.6 Å². The first-order chi connectivity index (χ1) is 16.5.